The molecule has 0 aromatic rings. The van der Waals surface area contributed by atoms with Gasteiger partial charge in [-0.1, -0.05) is 137 Å². The molecule has 0 fully saturated rings. The van der Waals surface area contributed by atoms with Gasteiger partial charge in [0.25, 0.3) is 0 Å². The summed E-state index contributed by atoms with van der Waals surface area (Å²) in [5, 5.41) is 8.27. The molecule has 0 aliphatic heterocycles. The van der Waals surface area contributed by atoms with Crippen LogP contribution in [-0.2, 0) is 19.2 Å². The van der Waals surface area contributed by atoms with Crippen LogP contribution in [-0.4, -0.2) is 59.6 Å². The fourth-order valence-corrected chi connectivity index (χ4v) is 5.78. The lowest BCUT2D eigenvalue weighted by molar-refractivity contribution is -0.137. The summed E-state index contributed by atoms with van der Waals surface area (Å²) >= 11 is 0. The molecular formula is C43H87N3O5. The first-order chi connectivity index (χ1) is 24.7. The van der Waals surface area contributed by atoms with E-state index in [1.54, 1.807) is 0 Å². The lowest BCUT2D eigenvalue weighted by Crippen LogP contribution is -2.33. The van der Waals surface area contributed by atoms with E-state index >= 15 is 0 Å². The van der Waals surface area contributed by atoms with Gasteiger partial charge in [-0.3, -0.25) is 19.2 Å². The Morgan fingerprint density at radius 3 is 1.02 bits per heavy atom. The molecule has 51 heavy (non-hydrogen) atoms. The van der Waals surface area contributed by atoms with Crippen molar-refractivity contribution < 1.29 is 24.3 Å². The van der Waals surface area contributed by atoms with Crippen molar-refractivity contribution in [3.05, 3.63) is 0 Å². The van der Waals surface area contributed by atoms with E-state index in [2.05, 4.69) is 27.7 Å². The third kappa shape index (κ3) is 48.2. The Balaban J connectivity index is -0.00000110. The van der Waals surface area contributed by atoms with E-state index in [0.717, 1.165) is 90.1 Å². The average Bonchev–Trinajstić information content (AvgIpc) is 3.11. The number of amides is 1. The number of nitrogens with two attached hydrogens (primary N) is 2. The Morgan fingerprint density at radius 2 is 0.686 bits per heavy atom. The van der Waals surface area contributed by atoms with Crippen LogP contribution in [0.5, 0.6) is 0 Å². The first-order valence-electron chi connectivity index (χ1n) is 21.7. The van der Waals surface area contributed by atoms with E-state index in [-0.39, 0.29) is 5.91 Å². The fraction of sp³-hybridized carbons (Fsp3) is 0.907. The molecule has 304 valence electrons. The molecule has 5 N–H and O–H groups in total. The Hall–Kier alpha value is -1.80. The third-order valence-corrected chi connectivity index (χ3v) is 9.13. The highest BCUT2D eigenvalue weighted by molar-refractivity contribution is 5.79. The number of rotatable bonds is 36. The number of carboxylic acids is 1. The summed E-state index contributed by atoms with van der Waals surface area (Å²) < 4.78 is 0. The lowest BCUT2D eigenvalue weighted by atomic mass is 10.0. The van der Waals surface area contributed by atoms with Crippen molar-refractivity contribution in [3.63, 3.8) is 0 Å². The van der Waals surface area contributed by atoms with Crippen LogP contribution in [0, 0.1) is 0 Å². The highest BCUT2D eigenvalue weighted by Crippen LogP contribution is 2.12. The van der Waals surface area contributed by atoms with Crippen molar-refractivity contribution in [3.8, 4) is 0 Å². The first-order valence-corrected chi connectivity index (χ1v) is 21.7. The minimum Gasteiger partial charge on any atom is -0.481 e. The van der Waals surface area contributed by atoms with Gasteiger partial charge in [-0.25, -0.2) is 0 Å². The topological polar surface area (TPSA) is 144 Å². The molecule has 0 saturated heterocycles. The van der Waals surface area contributed by atoms with Gasteiger partial charge < -0.3 is 21.5 Å². The molecule has 0 heterocycles. The van der Waals surface area contributed by atoms with Gasteiger partial charge in [-0.05, 0) is 64.5 Å². The van der Waals surface area contributed by atoms with Gasteiger partial charge in [-0.2, -0.15) is 0 Å². The number of carbonyl (C=O) groups excluding carboxylic acids is 3. The number of unbranched alkanes of at least 4 members (excludes halogenated alkanes) is 18. The molecule has 0 bridgehead atoms. The van der Waals surface area contributed by atoms with Gasteiger partial charge in [0, 0.05) is 51.6 Å². The van der Waals surface area contributed by atoms with E-state index in [1.165, 1.54) is 83.5 Å². The number of Topliss-reactive ketones (excluding diaryl/α,β-unsaturated/α-hetero) is 2. The van der Waals surface area contributed by atoms with Crippen molar-refractivity contribution in [2.24, 2.45) is 11.5 Å². The summed E-state index contributed by atoms with van der Waals surface area (Å²) in [5.41, 5.74) is 10.5. The molecule has 0 aliphatic carbocycles. The molecule has 0 spiro atoms. The monoisotopic (exact) mass is 726 g/mol. The summed E-state index contributed by atoms with van der Waals surface area (Å²) in [6.07, 6.45) is 31.3. The number of carbonyl (C=O) groups is 4. The molecule has 0 aliphatic rings. The maximum Gasteiger partial charge on any atom is 0.303 e. The Kier molecular flexibility index (Phi) is 48.5. The number of aliphatic carboxylic acids is 1. The molecule has 1 amide bonds. The minimum atomic E-state index is -0.670. The van der Waals surface area contributed by atoms with Gasteiger partial charge in [-0.15, -0.1) is 0 Å². The van der Waals surface area contributed by atoms with Gasteiger partial charge in [0.05, 0.1) is 0 Å². The third-order valence-electron chi connectivity index (χ3n) is 9.13. The maximum atomic E-state index is 12.8. The van der Waals surface area contributed by atoms with E-state index < -0.39 is 5.97 Å². The predicted octanol–water partition coefficient (Wildman–Crippen LogP) is 11.1. The van der Waals surface area contributed by atoms with Crippen LogP contribution < -0.4 is 11.5 Å². The van der Waals surface area contributed by atoms with Crippen molar-refractivity contribution in [2.45, 2.75) is 227 Å². The second-order valence-corrected chi connectivity index (χ2v) is 14.4. The van der Waals surface area contributed by atoms with Crippen LogP contribution in [0.2, 0.25) is 0 Å². The minimum absolute atomic E-state index is 0.204. The van der Waals surface area contributed by atoms with Crippen LogP contribution >= 0.6 is 0 Å². The quantitative estimate of drug-likeness (QED) is 0.0545. The van der Waals surface area contributed by atoms with Crippen LogP contribution in [0.3, 0.4) is 0 Å². The lowest BCUT2D eigenvalue weighted by Gasteiger charge is -2.23. The molecule has 0 unspecified atom stereocenters. The van der Waals surface area contributed by atoms with E-state index in [9.17, 15) is 19.2 Å². The summed E-state index contributed by atoms with van der Waals surface area (Å²) in [6.45, 7) is 11.7. The highest BCUT2D eigenvalue weighted by atomic mass is 16.4. The predicted molar refractivity (Wildman–Crippen MR) is 218 cm³/mol. The van der Waals surface area contributed by atoms with Crippen molar-refractivity contribution >= 4 is 23.4 Å². The zero-order valence-corrected chi connectivity index (χ0v) is 34.4. The molecule has 0 atom stereocenters. The Labute approximate surface area is 316 Å². The molecule has 0 aromatic heterocycles. The average molecular weight is 726 g/mol. The number of nitrogens with zero attached hydrogens (tertiary/aromatic N) is 1. The van der Waals surface area contributed by atoms with Gasteiger partial charge in [0.1, 0.15) is 11.6 Å². The zero-order chi connectivity index (χ0) is 38.6. The van der Waals surface area contributed by atoms with Crippen molar-refractivity contribution in [2.75, 3.05) is 26.2 Å². The molecule has 8 nitrogen and oxygen atoms in total. The molecule has 0 saturated carbocycles. The fourth-order valence-electron chi connectivity index (χ4n) is 5.78. The smallest absolute Gasteiger partial charge is 0.303 e. The Morgan fingerprint density at radius 1 is 0.392 bits per heavy atom. The molecule has 0 rings (SSSR count). The van der Waals surface area contributed by atoms with Gasteiger partial charge in [0.2, 0.25) is 5.91 Å². The largest absolute Gasteiger partial charge is 0.481 e. The highest BCUT2D eigenvalue weighted by Gasteiger charge is 2.14. The molecule has 0 aromatic carbocycles. The van der Waals surface area contributed by atoms with Gasteiger partial charge in [0.15, 0.2) is 0 Å². The summed E-state index contributed by atoms with van der Waals surface area (Å²) in [6, 6.07) is 0. The van der Waals surface area contributed by atoms with E-state index in [1.807, 2.05) is 4.90 Å². The normalized spacial score (nSPS) is 10.5. The standard InChI is InChI=1S/C30H57NO3.C8H16O2.C5H14N2/c1-4-7-10-13-16-21-28(32)23-19-26-31(30(34)25-18-15-12-9-6-3)27-20-24-29(33)22-17-14-11-8-5-2;1-2-3-4-5-6-7-8(9)10;6-4-2-1-3-5-7/h4-27H2,1-3H3;2-7H2,1H3,(H,9,10);1-7H2. The molecular weight excluding hydrogens is 638 g/mol. The van der Waals surface area contributed by atoms with Crippen LogP contribution in [0.25, 0.3) is 0 Å². The van der Waals surface area contributed by atoms with Crippen LogP contribution in [0.15, 0.2) is 0 Å². The summed E-state index contributed by atoms with van der Waals surface area (Å²) in [4.78, 5) is 49.2. The number of hydrogen-bond acceptors (Lipinski definition) is 6. The molecule has 8 heteroatoms. The Bertz CT molecular complexity index is 726. The SMILES string of the molecule is CCCCCCCC(=O)CCCN(CCCC(=O)CCCCCCC)C(=O)CCCCCCC.CCCCCCCC(=O)O.NCCCCCN. The summed E-state index contributed by atoms with van der Waals surface area (Å²) in [7, 11) is 0. The maximum absolute atomic E-state index is 12.8. The van der Waals surface area contributed by atoms with E-state index in [4.69, 9.17) is 16.6 Å². The number of ketones is 2. The number of carboxylic acid groups (broad SMARTS) is 1. The number of hydrogen-bond donors (Lipinski definition) is 3. The first kappa shape index (κ1) is 53.6. The van der Waals surface area contributed by atoms with Crippen molar-refractivity contribution in [1.82, 2.24) is 4.90 Å². The van der Waals surface area contributed by atoms with Crippen LogP contribution in [0.1, 0.15) is 227 Å². The van der Waals surface area contributed by atoms with Gasteiger partial charge >= 0.3 is 5.97 Å². The second kappa shape index (κ2) is 46.2. The zero-order valence-electron chi connectivity index (χ0n) is 34.4. The second-order valence-electron chi connectivity index (χ2n) is 14.4. The van der Waals surface area contributed by atoms with Crippen molar-refractivity contribution in [1.29, 1.82) is 0 Å². The van der Waals surface area contributed by atoms with Crippen LogP contribution in [0.4, 0.5) is 0 Å². The summed E-state index contributed by atoms with van der Waals surface area (Å²) in [5.74, 6) is 0.204. The van der Waals surface area contributed by atoms with E-state index in [0.29, 0.717) is 63.2 Å². The molecule has 0 radical (unpaired) electrons.